The fourth-order valence-corrected chi connectivity index (χ4v) is 4.32. The lowest BCUT2D eigenvalue weighted by atomic mass is 9.88. The third-order valence-electron chi connectivity index (χ3n) is 5.36. The van der Waals surface area contributed by atoms with Gasteiger partial charge in [0.05, 0.1) is 6.10 Å². The van der Waals surface area contributed by atoms with Gasteiger partial charge in [-0.2, -0.15) is 0 Å². The highest BCUT2D eigenvalue weighted by atomic mass is 16.3. The van der Waals surface area contributed by atoms with Crippen molar-refractivity contribution in [1.82, 2.24) is 9.80 Å². The highest BCUT2D eigenvalue weighted by Gasteiger charge is 2.38. The van der Waals surface area contributed by atoms with Crippen molar-refractivity contribution in [2.24, 2.45) is 0 Å². The second-order valence-corrected chi connectivity index (χ2v) is 6.61. The number of aliphatic hydroxyl groups excluding tert-OH is 1. The zero-order chi connectivity index (χ0) is 12.5. The van der Waals surface area contributed by atoms with Crippen LogP contribution in [-0.2, 0) is 0 Å². The van der Waals surface area contributed by atoms with E-state index in [1.807, 2.05) is 0 Å². The number of hydrogen-bond donors (Lipinski definition) is 1. The van der Waals surface area contributed by atoms with Crippen molar-refractivity contribution in [3.05, 3.63) is 0 Å². The normalized spacial score (nSPS) is 43.7. The molecule has 18 heavy (non-hydrogen) atoms. The minimum absolute atomic E-state index is 0.0728. The van der Waals surface area contributed by atoms with Gasteiger partial charge in [-0.05, 0) is 39.2 Å². The van der Waals surface area contributed by atoms with Gasteiger partial charge >= 0.3 is 0 Å². The predicted octanol–water partition coefficient (Wildman–Crippen LogP) is 1.85. The van der Waals surface area contributed by atoms with Gasteiger partial charge in [-0.1, -0.05) is 19.3 Å². The molecule has 2 heterocycles. The van der Waals surface area contributed by atoms with Crippen LogP contribution in [0.5, 0.6) is 0 Å². The molecule has 0 amide bonds. The summed E-state index contributed by atoms with van der Waals surface area (Å²) < 4.78 is 0. The van der Waals surface area contributed by atoms with Gasteiger partial charge in [0, 0.05) is 31.2 Å². The molecule has 0 aromatic rings. The smallest absolute Gasteiger partial charge is 0.0695 e. The number of piperazine rings is 1. The highest BCUT2D eigenvalue weighted by Crippen LogP contribution is 2.30. The van der Waals surface area contributed by atoms with Crippen molar-refractivity contribution in [2.45, 2.75) is 76.1 Å². The van der Waals surface area contributed by atoms with Crippen LogP contribution in [-0.4, -0.2) is 58.8 Å². The van der Waals surface area contributed by atoms with E-state index < -0.39 is 0 Å². The number of piperidine rings is 1. The minimum atomic E-state index is -0.0728. The molecule has 3 heteroatoms. The Morgan fingerprint density at radius 3 is 2.56 bits per heavy atom. The first-order valence-electron chi connectivity index (χ1n) is 7.93. The maximum Gasteiger partial charge on any atom is 0.0695 e. The minimum Gasteiger partial charge on any atom is -0.391 e. The monoisotopic (exact) mass is 252 g/mol. The summed E-state index contributed by atoms with van der Waals surface area (Å²) in [6.45, 7) is 6.07. The maximum atomic E-state index is 10.3. The van der Waals surface area contributed by atoms with E-state index >= 15 is 0 Å². The van der Waals surface area contributed by atoms with Crippen LogP contribution in [0.4, 0.5) is 0 Å². The fourth-order valence-electron chi connectivity index (χ4n) is 4.32. The molecular formula is C15H28N2O. The second-order valence-electron chi connectivity index (χ2n) is 6.61. The van der Waals surface area contributed by atoms with Gasteiger partial charge in [0.2, 0.25) is 0 Å². The van der Waals surface area contributed by atoms with Crippen molar-refractivity contribution < 1.29 is 5.11 Å². The standard InChI is InChI=1S/C15H28N2O/c1-12-10-16-9-5-4-6-13(16)11-17(12)14-7-2-3-8-15(14)18/h12-15,18H,2-11H2,1H3/t12?,13?,14-,15-/m0/s1. The van der Waals surface area contributed by atoms with Gasteiger partial charge in [-0.3, -0.25) is 9.80 Å². The molecule has 1 aliphatic carbocycles. The molecule has 104 valence electrons. The van der Waals surface area contributed by atoms with E-state index in [2.05, 4.69) is 16.7 Å². The molecule has 0 spiro atoms. The molecule has 3 fully saturated rings. The molecule has 2 aliphatic heterocycles. The maximum absolute atomic E-state index is 10.3. The number of nitrogens with zero attached hydrogens (tertiary/aromatic N) is 2. The molecule has 0 radical (unpaired) electrons. The van der Waals surface area contributed by atoms with E-state index in [9.17, 15) is 5.11 Å². The van der Waals surface area contributed by atoms with Gasteiger partial charge < -0.3 is 5.11 Å². The van der Waals surface area contributed by atoms with E-state index in [4.69, 9.17) is 0 Å². The van der Waals surface area contributed by atoms with E-state index in [-0.39, 0.29) is 6.10 Å². The Labute approximate surface area is 111 Å². The average Bonchev–Trinajstić information content (AvgIpc) is 2.39. The first-order valence-corrected chi connectivity index (χ1v) is 7.93. The predicted molar refractivity (Wildman–Crippen MR) is 73.6 cm³/mol. The van der Waals surface area contributed by atoms with Gasteiger partial charge in [0.1, 0.15) is 0 Å². The molecule has 3 nitrogen and oxygen atoms in total. The zero-order valence-corrected chi connectivity index (χ0v) is 11.7. The lowest BCUT2D eigenvalue weighted by molar-refractivity contribution is -0.0560. The van der Waals surface area contributed by atoms with Gasteiger partial charge in [0.15, 0.2) is 0 Å². The molecule has 2 unspecified atom stereocenters. The van der Waals surface area contributed by atoms with E-state index in [1.54, 1.807) is 0 Å². The zero-order valence-electron chi connectivity index (χ0n) is 11.7. The Hall–Kier alpha value is -0.120. The number of hydrogen-bond acceptors (Lipinski definition) is 3. The van der Waals surface area contributed by atoms with E-state index in [0.29, 0.717) is 12.1 Å². The summed E-state index contributed by atoms with van der Waals surface area (Å²) in [6, 6.07) is 1.83. The molecule has 1 N–H and O–H groups in total. The quantitative estimate of drug-likeness (QED) is 0.771. The number of aliphatic hydroxyl groups is 1. The summed E-state index contributed by atoms with van der Waals surface area (Å²) in [7, 11) is 0. The second kappa shape index (κ2) is 5.48. The Bertz CT molecular complexity index is 284. The Morgan fingerprint density at radius 1 is 0.944 bits per heavy atom. The first kappa shape index (κ1) is 12.9. The van der Waals surface area contributed by atoms with Crippen LogP contribution in [0.1, 0.15) is 51.9 Å². The molecule has 0 bridgehead atoms. The molecular weight excluding hydrogens is 224 g/mol. The van der Waals surface area contributed by atoms with Crippen LogP contribution in [0.2, 0.25) is 0 Å². The third-order valence-corrected chi connectivity index (χ3v) is 5.36. The third kappa shape index (κ3) is 2.45. The molecule has 0 aromatic carbocycles. The van der Waals surface area contributed by atoms with Gasteiger partial charge in [-0.15, -0.1) is 0 Å². The Morgan fingerprint density at radius 2 is 1.72 bits per heavy atom. The van der Waals surface area contributed by atoms with Crippen LogP contribution >= 0.6 is 0 Å². The molecule has 3 aliphatic rings. The lowest BCUT2D eigenvalue weighted by Crippen LogP contribution is -2.63. The van der Waals surface area contributed by atoms with Crippen molar-refractivity contribution >= 4 is 0 Å². The van der Waals surface area contributed by atoms with Crippen LogP contribution in [0, 0.1) is 0 Å². The van der Waals surface area contributed by atoms with E-state index in [0.717, 1.165) is 12.5 Å². The summed E-state index contributed by atoms with van der Waals surface area (Å²) in [6.07, 6.45) is 8.82. The molecule has 3 rings (SSSR count). The molecule has 1 saturated carbocycles. The summed E-state index contributed by atoms with van der Waals surface area (Å²) in [5.74, 6) is 0. The fraction of sp³-hybridized carbons (Fsp3) is 1.00. The van der Waals surface area contributed by atoms with Crippen LogP contribution in [0.15, 0.2) is 0 Å². The van der Waals surface area contributed by atoms with E-state index in [1.165, 1.54) is 58.2 Å². The summed E-state index contributed by atoms with van der Waals surface area (Å²) in [5.41, 5.74) is 0. The van der Waals surface area contributed by atoms with Crippen molar-refractivity contribution in [1.29, 1.82) is 0 Å². The largest absolute Gasteiger partial charge is 0.391 e. The van der Waals surface area contributed by atoms with Crippen LogP contribution in [0.25, 0.3) is 0 Å². The van der Waals surface area contributed by atoms with Crippen LogP contribution in [0.3, 0.4) is 0 Å². The Balaban J connectivity index is 1.67. The van der Waals surface area contributed by atoms with Gasteiger partial charge in [0.25, 0.3) is 0 Å². The van der Waals surface area contributed by atoms with Crippen molar-refractivity contribution in [3.63, 3.8) is 0 Å². The molecule has 4 atom stereocenters. The SMILES string of the molecule is CC1CN2CCCCC2CN1[C@H]1CCCC[C@@H]1O. The van der Waals surface area contributed by atoms with Crippen LogP contribution < -0.4 is 0 Å². The summed E-state index contributed by atoms with van der Waals surface area (Å²) >= 11 is 0. The lowest BCUT2D eigenvalue weighted by Gasteiger charge is -2.51. The first-order chi connectivity index (χ1) is 8.75. The van der Waals surface area contributed by atoms with Crippen molar-refractivity contribution in [3.8, 4) is 0 Å². The Kier molecular flexibility index (Phi) is 3.92. The topological polar surface area (TPSA) is 26.7 Å². The number of fused-ring (bicyclic) bond motifs is 1. The number of rotatable bonds is 1. The summed E-state index contributed by atoms with van der Waals surface area (Å²) in [5, 5.41) is 10.3. The molecule has 0 aromatic heterocycles. The van der Waals surface area contributed by atoms with Crippen molar-refractivity contribution in [2.75, 3.05) is 19.6 Å². The average molecular weight is 252 g/mol. The van der Waals surface area contributed by atoms with Gasteiger partial charge in [-0.25, -0.2) is 0 Å². The summed E-state index contributed by atoms with van der Waals surface area (Å²) in [4.78, 5) is 5.33. The highest BCUT2D eigenvalue weighted by molar-refractivity contribution is 4.94. The molecule has 2 saturated heterocycles.